The highest BCUT2D eigenvalue weighted by Gasteiger charge is 2.03. The molecule has 1 heterocycles. The van der Waals surface area contributed by atoms with Gasteiger partial charge in [0.05, 0.1) is 5.69 Å². The van der Waals surface area contributed by atoms with Crippen LogP contribution in [0.1, 0.15) is 11.1 Å². The monoisotopic (exact) mass is 213 g/mol. The van der Waals surface area contributed by atoms with Gasteiger partial charge >= 0.3 is 0 Å². The summed E-state index contributed by atoms with van der Waals surface area (Å²) in [6, 6.07) is 7.83. The summed E-state index contributed by atoms with van der Waals surface area (Å²) in [7, 11) is 0. The normalized spacial score (nSPS) is 9.88. The highest BCUT2D eigenvalue weighted by atomic mass is 15.2. The molecule has 0 radical (unpaired) electrons. The Morgan fingerprint density at radius 1 is 1.25 bits per heavy atom. The Labute approximate surface area is 92.7 Å². The van der Waals surface area contributed by atoms with Gasteiger partial charge in [0.25, 0.3) is 0 Å². The molecule has 0 aliphatic rings. The van der Waals surface area contributed by atoms with Crippen LogP contribution in [0.5, 0.6) is 0 Å². The van der Waals surface area contributed by atoms with Crippen LogP contribution in [0, 0.1) is 13.8 Å². The molecule has 0 saturated heterocycles. The molecule has 0 atom stereocenters. The summed E-state index contributed by atoms with van der Waals surface area (Å²) in [5.41, 5.74) is 12.5. The lowest BCUT2D eigenvalue weighted by Crippen LogP contribution is -1.83. The second-order valence-electron chi connectivity index (χ2n) is 3.63. The van der Waals surface area contributed by atoms with E-state index in [1.54, 1.807) is 6.07 Å². The maximum Gasteiger partial charge on any atom is 0.122 e. The highest BCUT2D eigenvalue weighted by Crippen LogP contribution is 2.23. The third kappa shape index (κ3) is 1.89. The molecule has 80 valence electrons. The maximum atomic E-state index is 8.29. The molecule has 0 aliphatic carbocycles. The van der Waals surface area contributed by atoms with Crippen LogP contribution >= 0.6 is 0 Å². The van der Waals surface area contributed by atoms with Crippen molar-refractivity contribution >= 4 is 5.82 Å². The van der Waals surface area contributed by atoms with Gasteiger partial charge in [0.15, 0.2) is 0 Å². The van der Waals surface area contributed by atoms with E-state index in [0.29, 0.717) is 5.82 Å². The summed E-state index contributed by atoms with van der Waals surface area (Å²) in [6.45, 7) is 4.12. The van der Waals surface area contributed by atoms with Gasteiger partial charge in [-0.1, -0.05) is 12.1 Å². The van der Waals surface area contributed by atoms with Crippen LogP contribution in [0.2, 0.25) is 0 Å². The lowest BCUT2D eigenvalue weighted by Gasteiger charge is -2.01. The molecule has 2 rings (SSSR count). The minimum atomic E-state index is 0.427. The zero-order valence-corrected chi connectivity index (χ0v) is 9.10. The first-order chi connectivity index (χ1) is 7.70. The summed E-state index contributed by atoms with van der Waals surface area (Å²) in [6.07, 6.45) is 0. The van der Waals surface area contributed by atoms with Gasteiger partial charge in [-0.15, -0.1) is 0 Å². The van der Waals surface area contributed by atoms with Crippen molar-refractivity contribution in [2.24, 2.45) is 5.11 Å². The number of aromatic amines is 1. The number of H-pyrrole nitrogens is 1. The minimum absolute atomic E-state index is 0.427. The SMILES string of the molecule is Cc1ccc(-c2cc(N=[N+]=[N-])[nH]n2)cc1C. The highest BCUT2D eigenvalue weighted by molar-refractivity contribution is 5.63. The Kier molecular flexibility index (Phi) is 2.62. The zero-order valence-electron chi connectivity index (χ0n) is 9.10. The number of hydrogen-bond acceptors (Lipinski definition) is 2. The van der Waals surface area contributed by atoms with Crippen molar-refractivity contribution in [3.63, 3.8) is 0 Å². The van der Waals surface area contributed by atoms with Crippen LogP contribution < -0.4 is 0 Å². The number of aromatic nitrogens is 2. The topological polar surface area (TPSA) is 77.4 Å². The molecule has 16 heavy (non-hydrogen) atoms. The number of benzene rings is 1. The molecule has 1 aromatic heterocycles. The van der Waals surface area contributed by atoms with Crippen LogP contribution in [0.3, 0.4) is 0 Å². The molecular formula is C11H11N5. The largest absolute Gasteiger partial charge is 0.275 e. The fourth-order valence-electron chi connectivity index (χ4n) is 1.46. The van der Waals surface area contributed by atoms with Crippen LogP contribution in [0.15, 0.2) is 29.4 Å². The van der Waals surface area contributed by atoms with Gasteiger partial charge in [-0.05, 0) is 47.8 Å². The fourth-order valence-corrected chi connectivity index (χ4v) is 1.46. The van der Waals surface area contributed by atoms with Crippen molar-refractivity contribution in [3.8, 4) is 11.3 Å². The van der Waals surface area contributed by atoms with Crippen molar-refractivity contribution in [1.82, 2.24) is 10.2 Å². The molecule has 1 N–H and O–H groups in total. The first-order valence-electron chi connectivity index (χ1n) is 4.89. The number of azide groups is 1. The maximum absolute atomic E-state index is 8.29. The van der Waals surface area contributed by atoms with Gasteiger partial charge in [0, 0.05) is 10.5 Å². The first-order valence-corrected chi connectivity index (χ1v) is 4.89. The van der Waals surface area contributed by atoms with E-state index in [0.717, 1.165) is 11.3 Å². The molecule has 5 heteroatoms. The molecule has 2 aromatic rings. The standard InChI is InChI=1S/C11H11N5/c1-7-3-4-9(5-8(7)2)10-6-11(14-13-10)15-16-12/h3-6H,1-2H3,(H,13,14). The molecule has 0 spiro atoms. The third-order valence-corrected chi connectivity index (χ3v) is 2.52. The van der Waals surface area contributed by atoms with E-state index in [1.165, 1.54) is 11.1 Å². The summed E-state index contributed by atoms with van der Waals surface area (Å²) < 4.78 is 0. The number of aryl methyl sites for hydroxylation is 2. The minimum Gasteiger partial charge on any atom is -0.275 e. The van der Waals surface area contributed by atoms with Crippen LogP contribution in [-0.2, 0) is 0 Å². The lowest BCUT2D eigenvalue weighted by atomic mass is 10.0. The van der Waals surface area contributed by atoms with E-state index in [9.17, 15) is 0 Å². The van der Waals surface area contributed by atoms with E-state index >= 15 is 0 Å². The van der Waals surface area contributed by atoms with Crippen molar-refractivity contribution in [3.05, 3.63) is 45.8 Å². The average Bonchev–Trinajstić information content (AvgIpc) is 2.71. The first kappa shape index (κ1) is 10.3. The third-order valence-electron chi connectivity index (χ3n) is 2.52. The van der Waals surface area contributed by atoms with E-state index in [4.69, 9.17) is 5.53 Å². The van der Waals surface area contributed by atoms with E-state index in [-0.39, 0.29) is 0 Å². The molecule has 0 amide bonds. The van der Waals surface area contributed by atoms with Crippen molar-refractivity contribution in [2.45, 2.75) is 13.8 Å². The van der Waals surface area contributed by atoms with Crippen LogP contribution in [-0.4, -0.2) is 10.2 Å². The van der Waals surface area contributed by atoms with Gasteiger partial charge in [-0.2, -0.15) is 5.10 Å². The summed E-state index contributed by atoms with van der Waals surface area (Å²) in [5, 5.41) is 10.2. The quantitative estimate of drug-likeness (QED) is 0.461. The number of rotatable bonds is 2. The predicted molar refractivity (Wildman–Crippen MR) is 62.3 cm³/mol. The Morgan fingerprint density at radius 3 is 2.75 bits per heavy atom. The number of nitrogens with one attached hydrogen (secondary N) is 1. The van der Waals surface area contributed by atoms with E-state index < -0.39 is 0 Å². The number of hydrogen-bond donors (Lipinski definition) is 1. The molecule has 0 bridgehead atoms. The van der Waals surface area contributed by atoms with Crippen molar-refractivity contribution in [1.29, 1.82) is 0 Å². The van der Waals surface area contributed by atoms with Gasteiger partial charge in [-0.3, -0.25) is 5.10 Å². The number of nitrogens with zero attached hydrogens (tertiary/aromatic N) is 4. The van der Waals surface area contributed by atoms with Gasteiger partial charge in [-0.25, -0.2) is 0 Å². The summed E-state index contributed by atoms with van der Waals surface area (Å²) >= 11 is 0. The Balaban J connectivity index is 2.42. The second-order valence-corrected chi connectivity index (χ2v) is 3.63. The Morgan fingerprint density at radius 2 is 2.06 bits per heavy atom. The average molecular weight is 213 g/mol. The summed E-state index contributed by atoms with van der Waals surface area (Å²) in [4.78, 5) is 2.70. The van der Waals surface area contributed by atoms with Crippen LogP contribution in [0.4, 0.5) is 5.82 Å². The Hall–Kier alpha value is -2.26. The predicted octanol–water partition coefficient (Wildman–Crippen LogP) is 3.64. The molecule has 0 unspecified atom stereocenters. The smallest absolute Gasteiger partial charge is 0.122 e. The Bertz CT molecular complexity index is 564. The van der Waals surface area contributed by atoms with Gasteiger partial charge in [0.1, 0.15) is 5.82 Å². The van der Waals surface area contributed by atoms with E-state index in [1.807, 2.05) is 12.1 Å². The molecular weight excluding hydrogens is 202 g/mol. The van der Waals surface area contributed by atoms with E-state index in [2.05, 4.69) is 40.1 Å². The van der Waals surface area contributed by atoms with Gasteiger partial charge in [0.2, 0.25) is 0 Å². The fraction of sp³-hybridized carbons (Fsp3) is 0.182. The lowest BCUT2D eigenvalue weighted by molar-refractivity contribution is 1.08. The molecule has 5 nitrogen and oxygen atoms in total. The van der Waals surface area contributed by atoms with Gasteiger partial charge < -0.3 is 0 Å². The van der Waals surface area contributed by atoms with Crippen LogP contribution in [0.25, 0.3) is 21.7 Å². The molecule has 0 aliphatic heterocycles. The van der Waals surface area contributed by atoms with Crippen molar-refractivity contribution < 1.29 is 0 Å². The molecule has 0 fully saturated rings. The molecule has 1 aromatic carbocycles. The second kappa shape index (κ2) is 4.08. The molecule has 0 saturated carbocycles. The zero-order chi connectivity index (χ0) is 11.5. The summed E-state index contributed by atoms with van der Waals surface area (Å²) in [5.74, 6) is 0.427. The van der Waals surface area contributed by atoms with Crippen molar-refractivity contribution in [2.75, 3.05) is 0 Å².